The highest BCUT2D eigenvalue weighted by atomic mass is 16.5. The Morgan fingerprint density at radius 3 is 2.69 bits per heavy atom. The first-order valence-electron chi connectivity index (χ1n) is 8.66. The van der Waals surface area contributed by atoms with Gasteiger partial charge in [0.2, 0.25) is 0 Å². The molecule has 0 unspecified atom stereocenters. The average molecular weight is 352 g/mol. The van der Waals surface area contributed by atoms with Crippen LogP contribution in [-0.2, 0) is 11.3 Å². The molecule has 1 aliphatic carbocycles. The Morgan fingerprint density at radius 1 is 1.12 bits per heavy atom. The summed E-state index contributed by atoms with van der Waals surface area (Å²) in [7, 11) is 1.53. The molecule has 0 amide bonds. The molecule has 26 heavy (non-hydrogen) atoms. The highest BCUT2D eigenvalue weighted by Gasteiger charge is 2.33. The van der Waals surface area contributed by atoms with Crippen molar-refractivity contribution < 1.29 is 19.0 Å². The molecule has 1 N–H and O–H groups in total. The Morgan fingerprint density at radius 2 is 1.92 bits per heavy atom. The molecule has 0 fully saturated rings. The van der Waals surface area contributed by atoms with Crippen molar-refractivity contribution >= 4 is 11.0 Å². The van der Waals surface area contributed by atoms with Gasteiger partial charge in [-0.3, -0.25) is 4.79 Å². The monoisotopic (exact) mass is 352 g/mol. The number of hydrogen-bond acceptors (Lipinski definition) is 5. The lowest BCUT2D eigenvalue weighted by molar-refractivity contribution is -0.00551. The van der Waals surface area contributed by atoms with E-state index in [0.29, 0.717) is 47.5 Å². The van der Waals surface area contributed by atoms with Crippen LogP contribution < -0.4 is 10.2 Å². The molecule has 0 bridgehead atoms. The van der Waals surface area contributed by atoms with Crippen LogP contribution in [0.25, 0.3) is 11.0 Å². The Balaban J connectivity index is 1.78. The fourth-order valence-corrected chi connectivity index (χ4v) is 3.45. The van der Waals surface area contributed by atoms with E-state index in [4.69, 9.17) is 13.9 Å². The first-order valence-corrected chi connectivity index (χ1v) is 8.66. The second-order valence-corrected chi connectivity index (χ2v) is 6.42. The van der Waals surface area contributed by atoms with Gasteiger partial charge in [0.05, 0.1) is 30.8 Å². The molecule has 1 heterocycles. The molecule has 2 atom stereocenters. The maximum Gasteiger partial charge on any atom is 0.199 e. The van der Waals surface area contributed by atoms with E-state index in [1.807, 2.05) is 30.3 Å². The Kier molecular flexibility index (Phi) is 4.49. The summed E-state index contributed by atoms with van der Waals surface area (Å²) >= 11 is 0. The normalized spacial score (nSPS) is 19.3. The molecular formula is C21H20O5. The van der Waals surface area contributed by atoms with E-state index >= 15 is 0 Å². The molecule has 0 aliphatic heterocycles. The van der Waals surface area contributed by atoms with Crippen molar-refractivity contribution in [3.63, 3.8) is 0 Å². The van der Waals surface area contributed by atoms with Gasteiger partial charge in [0.25, 0.3) is 0 Å². The molecular weight excluding hydrogens is 332 g/mol. The number of aliphatic hydroxyl groups excluding tert-OH is 1. The van der Waals surface area contributed by atoms with Crippen molar-refractivity contribution in [2.75, 3.05) is 7.11 Å². The minimum absolute atomic E-state index is 0.222. The van der Waals surface area contributed by atoms with Crippen LogP contribution >= 0.6 is 0 Å². The lowest BCUT2D eigenvalue weighted by Gasteiger charge is -2.27. The smallest absolute Gasteiger partial charge is 0.199 e. The molecule has 0 saturated heterocycles. The highest BCUT2D eigenvalue weighted by Crippen LogP contribution is 2.39. The van der Waals surface area contributed by atoms with Crippen molar-refractivity contribution in [3.05, 3.63) is 75.6 Å². The molecule has 5 heteroatoms. The van der Waals surface area contributed by atoms with Crippen molar-refractivity contribution in [1.29, 1.82) is 0 Å². The van der Waals surface area contributed by atoms with Crippen LogP contribution in [0.1, 0.15) is 41.9 Å². The van der Waals surface area contributed by atoms with E-state index in [-0.39, 0.29) is 11.5 Å². The molecule has 0 spiro atoms. The predicted molar refractivity (Wildman–Crippen MR) is 97.2 cm³/mol. The van der Waals surface area contributed by atoms with Gasteiger partial charge in [0.1, 0.15) is 11.9 Å². The van der Waals surface area contributed by atoms with Crippen molar-refractivity contribution in [3.8, 4) is 5.75 Å². The molecule has 3 aromatic rings. The summed E-state index contributed by atoms with van der Waals surface area (Å²) in [6.07, 6.45) is -0.166. The fourth-order valence-electron chi connectivity index (χ4n) is 3.45. The van der Waals surface area contributed by atoms with Gasteiger partial charge in [0, 0.05) is 0 Å². The Bertz CT molecular complexity index is 977. The number of rotatable bonds is 4. The first-order chi connectivity index (χ1) is 12.7. The van der Waals surface area contributed by atoms with Gasteiger partial charge < -0.3 is 19.0 Å². The van der Waals surface area contributed by atoms with Gasteiger partial charge in [-0.15, -0.1) is 0 Å². The summed E-state index contributed by atoms with van der Waals surface area (Å²) < 4.78 is 17.4. The number of ether oxygens (including phenoxy) is 2. The third kappa shape index (κ3) is 2.89. The number of hydrogen-bond donors (Lipinski definition) is 1. The van der Waals surface area contributed by atoms with E-state index in [0.717, 1.165) is 5.56 Å². The summed E-state index contributed by atoms with van der Waals surface area (Å²) in [4.78, 5) is 12.9. The standard InChI is InChI=1S/C21H20O5/c1-24-16-9-5-8-14-19(23)18-15(22)10-11-17(21(18)26-20(14)16)25-12-13-6-3-2-4-7-13/h2-9,15,17,22H,10-12H2,1H3/t15-,17-/m1/s1. The summed E-state index contributed by atoms with van der Waals surface area (Å²) in [5.74, 6) is 0.894. The summed E-state index contributed by atoms with van der Waals surface area (Å²) in [5, 5.41) is 10.8. The van der Waals surface area contributed by atoms with E-state index in [2.05, 4.69) is 0 Å². The van der Waals surface area contributed by atoms with E-state index in [1.54, 1.807) is 18.2 Å². The van der Waals surface area contributed by atoms with Gasteiger partial charge in [-0.25, -0.2) is 0 Å². The fraction of sp³-hybridized carbons (Fsp3) is 0.286. The maximum absolute atomic E-state index is 12.9. The van der Waals surface area contributed by atoms with Gasteiger partial charge >= 0.3 is 0 Å². The zero-order valence-corrected chi connectivity index (χ0v) is 14.5. The minimum Gasteiger partial charge on any atom is -0.493 e. The largest absolute Gasteiger partial charge is 0.493 e. The van der Waals surface area contributed by atoms with E-state index in [9.17, 15) is 9.90 Å². The van der Waals surface area contributed by atoms with Crippen LogP contribution in [0.5, 0.6) is 5.75 Å². The highest BCUT2D eigenvalue weighted by molar-refractivity contribution is 5.83. The maximum atomic E-state index is 12.9. The Labute approximate surface area is 150 Å². The van der Waals surface area contributed by atoms with Crippen LogP contribution in [0.3, 0.4) is 0 Å². The van der Waals surface area contributed by atoms with Gasteiger partial charge in [-0.2, -0.15) is 0 Å². The Hall–Kier alpha value is -2.63. The lowest BCUT2D eigenvalue weighted by Crippen LogP contribution is -2.24. The van der Waals surface area contributed by atoms with E-state index in [1.165, 1.54) is 7.11 Å². The molecule has 5 nitrogen and oxygen atoms in total. The number of fused-ring (bicyclic) bond motifs is 2. The third-order valence-electron chi connectivity index (χ3n) is 4.79. The first kappa shape index (κ1) is 16.8. The molecule has 134 valence electrons. The molecule has 4 rings (SSSR count). The van der Waals surface area contributed by atoms with Crippen molar-refractivity contribution in [2.24, 2.45) is 0 Å². The van der Waals surface area contributed by atoms with Gasteiger partial charge in [0.15, 0.2) is 16.8 Å². The summed E-state index contributed by atoms with van der Waals surface area (Å²) in [6, 6.07) is 15.0. The van der Waals surface area contributed by atoms with Crippen molar-refractivity contribution in [2.45, 2.75) is 31.7 Å². The molecule has 1 aliphatic rings. The minimum atomic E-state index is -0.839. The molecule has 1 aromatic heterocycles. The average Bonchev–Trinajstić information content (AvgIpc) is 2.68. The topological polar surface area (TPSA) is 68.9 Å². The quantitative estimate of drug-likeness (QED) is 0.771. The second kappa shape index (κ2) is 6.94. The number of para-hydroxylation sites is 1. The molecule has 2 aromatic carbocycles. The zero-order chi connectivity index (χ0) is 18.1. The van der Waals surface area contributed by atoms with Crippen molar-refractivity contribution in [1.82, 2.24) is 0 Å². The van der Waals surface area contributed by atoms with Crippen LogP contribution in [0.4, 0.5) is 0 Å². The number of methoxy groups -OCH3 is 1. The van der Waals surface area contributed by atoms with Crippen LogP contribution in [0.15, 0.2) is 57.7 Å². The third-order valence-corrected chi connectivity index (χ3v) is 4.79. The predicted octanol–water partition coefficient (Wildman–Crippen LogP) is 3.89. The lowest BCUT2D eigenvalue weighted by atomic mass is 9.91. The van der Waals surface area contributed by atoms with E-state index < -0.39 is 6.10 Å². The SMILES string of the molecule is COc1cccc2c(=O)c3c(oc12)[C@H](OCc1ccccc1)CC[C@H]3O. The number of aliphatic hydroxyl groups is 1. The number of benzene rings is 2. The second-order valence-electron chi connectivity index (χ2n) is 6.42. The molecule has 0 radical (unpaired) electrons. The summed E-state index contributed by atoms with van der Waals surface area (Å²) in [5.41, 5.74) is 1.51. The zero-order valence-electron chi connectivity index (χ0n) is 14.5. The van der Waals surface area contributed by atoms with Crippen LogP contribution in [-0.4, -0.2) is 12.2 Å². The van der Waals surface area contributed by atoms with Gasteiger partial charge in [-0.05, 0) is 30.5 Å². The van der Waals surface area contributed by atoms with Crippen LogP contribution in [0.2, 0.25) is 0 Å². The summed E-state index contributed by atoms with van der Waals surface area (Å²) in [6.45, 7) is 0.411. The molecule has 0 saturated carbocycles. The van der Waals surface area contributed by atoms with Crippen LogP contribution in [0, 0.1) is 0 Å². The van der Waals surface area contributed by atoms with Gasteiger partial charge in [-0.1, -0.05) is 36.4 Å².